The maximum absolute atomic E-state index is 4.00. The van der Waals surface area contributed by atoms with Crippen LogP contribution in [0, 0.1) is 0 Å². The molecule has 0 amide bonds. The molecular formula is C23H26. The van der Waals surface area contributed by atoms with Crippen LogP contribution in [0.4, 0.5) is 0 Å². The first kappa shape index (κ1) is 17.0. The van der Waals surface area contributed by atoms with Crippen LogP contribution in [0.2, 0.25) is 0 Å². The fraction of sp³-hybridized carbons (Fsp3) is 0.217. The Hall–Kier alpha value is -2.34. The summed E-state index contributed by atoms with van der Waals surface area (Å²) in [6.07, 6.45) is 11.8. The van der Waals surface area contributed by atoms with Gasteiger partial charge >= 0.3 is 0 Å². The Balaban J connectivity index is 2.84. The van der Waals surface area contributed by atoms with Gasteiger partial charge in [-0.25, -0.2) is 0 Å². The van der Waals surface area contributed by atoms with E-state index in [9.17, 15) is 0 Å². The van der Waals surface area contributed by atoms with Gasteiger partial charge in [0.15, 0.2) is 0 Å². The largest absolute Gasteiger partial charge is 0.0984 e. The molecule has 0 aliphatic carbocycles. The molecule has 0 aliphatic heterocycles. The molecule has 118 valence electrons. The predicted octanol–water partition coefficient (Wildman–Crippen LogP) is 7.28. The summed E-state index contributed by atoms with van der Waals surface area (Å²) < 4.78 is 0. The summed E-state index contributed by atoms with van der Waals surface area (Å²) in [5, 5.41) is 2.57. The summed E-state index contributed by atoms with van der Waals surface area (Å²) in [7, 11) is 0. The van der Waals surface area contributed by atoms with Crippen LogP contribution >= 0.6 is 0 Å². The summed E-state index contributed by atoms with van der Waals surface area (Å²) in [6.45, 7) is 12.6. The van der Waals surface area contributed by atoms with Crippen LogP contribution in [0.5, 0.6) is 0 Å². The van der Waals surface area contributed by atoms with Gasteiger partial charge in [0.25, 0.3) is 0 Å². The van der Waals surface area contributed by atoms with Crippen molar-refractivity contribution >= 4 is 29.0 Å². The lowest BCUT2D eigenvalue weighted by atomic mass is 9.92. The van der Waals surface area contributed by atoms with Crippen LogP contribution in [0.25, 0.3) is 29.0 Å². The third-order valence-electron chi connectivity index (χ3n) is 4.31. The van der Waals surface area contributed by atoms with E-state index >= 15 is 0 Å². The number of hydrogen-bond acceptors (Lipinski definition) is 0. The Bertz CT molecular complexity index is 798. The Morgan fingerprint density at radius 2 is 1.87 bits per heavy atom. The predicted molar refractivity (Wildman–Crippen MR) is 106 cm³/mol. The minimum Gasteiger partial charge on any atom is -0.0984 e. The molecule has 0 heterocycles. The van der Waals surface area contributed by atoms with Gasteiger partial charge in [-0.3, -0.25) is 0 Å². The van der Waals surface area contributed by atoms with Gasteiger partial charge in [-0.05, 0) is 65.8 Å². The molecule has 0 atom stereocenters. The standard InChI is InChI=1S/C23H26/c1-6-11-20-12-10-13-21-15-14-19(9-4)22(23(20)21)16-17(5)18(7-2)8-3/h6-7,9-16H,4,8H2,1-3,5H3/b11-6-,17-16+,18-7+. The van der Waals surface area contributed by atoms with Gasteiger partial charge in [0, 0.05) is 0 Å². The van der Waals surface area contributed by atoms with E-state index in [1.807, 2.05) is 6.08 Å². The van der Waals surface area contributed by atoms with Gasteiger partial charge in [0.05, 0.1) is 0 Å². The quantitative estimate of drug-likeness (QED) is 0.509. The fourth-order valence-corrected chi connectivity index (χ4v) is 3.12. The molecule has 23 heavy (non-hydrogen) atoms. The van der Waals surface area contributed by atoms with Gasteiger partial charge in [0.1, 0.15) is 0 Å². The van der Waals surface area contributed by atoms with Crippen LogP contribution < -0.4 is 0 Å². The minimum atomic E-state index is 1.05. The van der Waals surface area contributed by atoms with E-state index in [0.29, 0.717) is 0 Å². The first-order valence-electron chi connectivity index (χ1n) is 8.31. The van der Waals surface area contributed by atoms with E-state index in [2.05, 4.69) is 88.9 Å². The summed E-state index contributed by atoms with van der Waals surface area (Å²) in [4.78, 5) is 0. The second kappa shape index (κ2) is 7.78. The molecule has 0 spiro atoms. The third kappa shape index (κ3) is 3.53. The Morgan fingerprint density at radius 1 is 1.09 bits per heavy atom. The van der Waals surface area contributed by atoms with Gasteiger partial charge in [0.2, 0.25) is 0 Å². The maximum atomic E-state index is 4.00. The fourth-order valence-electron chi connectivity index (χ4n) is 3.12. The number of rotatable bonds is 5. The summed E-state index contributed by atoms with van der Waals surface area (Å²) in [6, 6.07) is 10.8. The lowest BCUT2D eigenvalue weighted by Gasteiger charge is -2.12. The first-order chi connectivity index (χ1) is 11.2. The highest BCUT2D eigenvalue weighted by atomic mass is 14.1. The Kier molecular flexibility index (Phi) is 5.76. The molecule has 0 nitrogen and oxygen atoms in total. The molecule has 0 heteroatoms. The molecule has 0 bridgehead atoms. The summed E-state index contributed by atoms with van der Waals surface area (Å²) in [5.74, 6) is 0. The second-order valence-electron chi connectivity index (χ2n) is 5.71. The van der Waals surface area contributed by atoms with Crippen LogP contribution in [0.1, 0.15) is 50.8 Å². The van der Waals surface area contributed by atoms with Crippen molar-refractivity contribution in [3.05, 3.63) is 76.9 Å². The van der Waals surface area contributed by atoms with Gasteiger partial charge in [-0.2, -0.15) is 0 Å². The number of allylic oxidation sites excluding steroid dienone is 4. The average Bonchev–Trinajstić information content (AvgIpc) is 2.56. The van der Waals surface area contributed by atoms with Crippen LogP contribution in [-0.4, -0.2) is 0 Å². The number of hydrogen-bond donors (Lipinski definition) is 0. The summed E-state index contributed by atoms with van der Waals surface area (Å²) in [5.41, 5.74) is 6.41. The molecule has 0 saturated heterocycles. The molecule has 0 aromatic heterocycles. The number of benzene rings is 2. The van der Waals surface area contributed by atoms with Crippen molar-refractivity contribution in [1.82, 2.24) is 0 Å². The Labute approximate surface area is 140 Å². The zero-order valence-corrected chi connectivity index (χ0v) is 14.7. The van der Waals surface area contributed by atoms with E-state index in [1.165, 1.54) is 38.6 Å². The lowest BCUT2D eigenvalue weighted by Crippen LogP contribution is -1.90. The SMILES string of the molecule is C=Cc1ccc2cccc(/C=C\C)c2c1/C=C(C)/C(=C/C)CC. The lowest BCUT2D eigenvalue weighted by molar-refractivity contribution is 1.10. The monoisotopic (exact) mass is 302 g/mol. The number of fused-ring (bicyclic) bond motifs is 1. The molecule has 2 aromatic carbocycles. The van der Waals surface area contributed by atoms with Crippen LogP contribution in [-0.2, 0) is 0 Å². The molecule has 2 aromatic rings. The van der Waals surface area contributed by atoms with Crippen LogP contribution in [0.3, 0.4) is 0 Å². The Morgan fingerprint density at radius 3 is 2.48 bits per heavy atom. The van der Waals surface area contributed by atoms with Crippen molar-refractivity contribution in [2.24, 2.45) is 0 Å². The van der Waals surface area contributed by atoms with Crippen molar-refractivity contribution < 1.29 is 0 Å². The van der Waals surface area contributed by atoms with Crippen molar-refractivity contribution in [2.45, 2.75) is 34.1 Å². The molecule has 0 unspecified atom stereocenters. The van der Waals surface area contributed by atoms with E-state index in [-0.39, 0.29) is 0 Å². The summed E-state index contributed by atoms with van der Waals surface area (Å²) >= 11 is 0. The van der Waals surface area contributed by atoms with Crippen molar-refractivity contribution in [3.63, 3.8) is 0 Å². The molecule has 0 N–H and O–H groups in total. The van der Waals surface area contributed by atoms with Gasteiger partial charge < -0.3 is 0 Å². The van der Waals surface area contributed by atoms with E-state index < -0.39 is 0 Å². The minimum absolute atomic E-state index is 1.05. The molecular weight excluding hydrogens is 276 g/mol. The maximum Gasteiger partial charge on any atom is -0.00329 e. The van der Waals surface area contributed by atoms with E-state index in [4.69, 9.17) is 0 Å². The van der Waals surface area contributed by atoms with Gasteiger partial charge in [-0.15, -0.1) is 0 Å². The van der Waals surface area contributed by atoms with Gasteiger partial charge in [-0.1, -0.05) is 74.2 Å². The molecule has 0 fully saturated rings. The average molecular weight is 302 g/mol. The normalized spacial score (nSPS) is 13.0. The zero-order chi connectivity index (χ0) is 16.8. The van der Waals surface area contributed by atoms with Crippen LogP contribution in [0.15, 0.2) is 60.2 Å². The highest BCUT2D eigenvalue weighted by molar-refractivity contribution is 6.00. The molecule has 2 rings (SSSR count). The molecule has 0 radical (unpaired) electrons. The highest BCUT2D eigenvalue weighted by Gasteiger charge is 2.08. The topological polar surface area (TPSA) is 0 Å². The molecule has 0 aliphatic rings. The van der Waals surface area contributed by atoms with E-state index in [1.54, 1.807) is 0 Å². The van der Waals surface area contributed by atoms with Crippen molar-refractivity contribution in [3.8, 4) is 0 Å². The second-order valence-corrected chi connectivity index (χ2v) is 5.71. The highest BCUT2D eigenvalue weighted by Crippen LogP contribution is 2.31. The third-order valence-corrected chi connectivity index (χ3v) is 4.31. The zero-order valence-electron chi connectivity index (χ0n) is 14.7. The smallest absolute Gasteiger partial charge is 0.00329 e. The van der Waals surface area contributed by atoms with Crippen molar-refractivity contribution in [2.75, 3.05) is 0 Å². The first-order valence-corrected chi connectivity index (χ1v) is 8.31. The van der Waals surface area contributed by atoms with Crippen molar-refractivity contribution in [1.29, 1.82) is 0 Å². The van der Waals surface area contributed by atoms with E-state index in [0.717, 1.165) is 6.42 Å². The molecule has 0 saturated carbocycles.